The van der Waals surface area contributed by atoms with Crippen molar-refractivity contribution in [2.75, 3.05) is 13.7 Å². The topological polar surface area (TPSA) is 83.6 Å². The third-order valence-corrected chi connectivity index (χ3v) is 7.58. The SMILES string of the molecule is CCOC(=O)c1cn(C2CC2)c2c(OC)c(-c3cc4c(s3)C(N)CCC4)c(F)cc2c1=O. The smallest absolute Gasteiger partial charge is 0.343 e. The minimum absolute atomic E-state index is 0.0382. The number of aryl methyl sites for hydroxylation is 1. The molecule has 32 heavy (non-hydrogen) atoms. The number of fused-ring (bicyclic) bond motifs is 2. The van der Waals surface area contributed by atoms with Crippen LogP contribution in [-0.2, 0) is 11.2 Å². The molecular formula is C24H25FN2O4S. The third-order valence-electron chi connectivity index (χ3n) is 6.25. The van der Waals surface area contributed by atoms with Crippen LogP contribution in [0.1, 0.15) is 65.5 Å². The van der Waals surface area contributed by atoms with Gasteiger partial charge in [0.2, 0.25) is 5.43 Å². The van der Waals surface area contributed by atoms with Crippen LogP contribution in [0.5, 0.6) is 5.75 Å². The van der Waals surface area contributed by atoms with Gasteiger partial charge in [-0.05, 0) is 56.7 Å². The first kappa shape index (κ1) is 21.2. The number of benzene rings is 1. The molecule has 2 heterocycles. The highest BCUT2D eigenvalue weighted by molar-refractivity contribution is 7.15. The number of rotatable bonds is 5. The molecular weight excluding hydrogens is 431 g/mol. The van der Waals surface area contributed by atoms with E-state index in [4.69, 9.17) is 15.2 Å². The van der Waals surface area contributed by atoms with Crippen molar-refractivity contribution in [3.63, 3.8) is 0 Å². The monoisotopic (exact) mass is 456 g/mol. The van der Waals surface area contributed by atoms with Crippen LogP contribution >= 0.6 is 11.3 Å². The molecule has 1 aromatic carbocycles. The number of nitrogens with two attached hydrogens (primary N) is 1. The average molecular weight is 457 g/mol. The van der Waals surface area contributed by atoms with E-state index < -0.39 is 17.2 Å². The summed E-state index contributed by atoms with van der Waals surface area (Å²) in [5, 5.41) is 0.124. The maximum absolute atomic E-state index is 15.6. The molecule has 1 fully saturated rings. The van der Waals surface area contributed by atoms with Crippen molar-refractivity contribution in [1.82, 2.24) is 4.57 Å². The molecule has 5 rings (SSSR count). The van der Waals surface area contributed by atoms with Gasteiger partial charge in [0.05, 0.1) is 30.2 Å². The molecule has 2 aliphatic rings. The highest BCUT2D eigenvalue weighted by Crippen LogP contribution is 2.47. The average Bonchev–Trinajstić information content (AvgIpc) is 3.52. The molecule has 1 saturated carbocycles. The summed E-state index contributed by atoms with van der Waals surface area (Å²) in [7, 11) is 1.48. The number of ether oxygens (including phenoxy) is 2. The molecule has 1 unspecified atom stereocenters. The zero-order valence-corrected chi connectivity index (χ0v) is 18.9. The Morgan fingerprint density at radius 3 is 2.75 bits per heavy atom. The lowest BCUT2D eigenvalue weighted by Gasteiger charge is -2.18. The molecule has 6 nitrogen and oxygen atoms in total. The van der Waals surface area contributed by atoms with Gasteiger partial charge < -0.3 is 19.8 Å². The van der Waals surface area contributed by atoms with Crippen LogP contribution in [0.2, 0.25) is 0 Å². The van der Waals surface area contributed by atoms with Gasteiger partial charge in [0.1, 0.15) is 11.4 Å². The molecule has 0 radical (unpaired) electrons. The lowest BCUT2D eigenvalue weighted by atomic mass is 9.95. The summed E-state index contributed by atoms with van der Waals surface area (Å²) in [6, 6.07) is 3.32. The Morgan fingerprint density at radius 2 is 2.09 bits per heavy atom. The first-order chi connectivity index (χ1) is 15.4. The fraction of sp³-hybridized carbons (Fsp3) is 0.417. The normalized spacial score (nSPS) is 17.9. The van der Waals surface area contributed by atoms with Gasteiger partial charge in [-0.3, -0.25) is 4.79 Å². The number of carbonyl (C=O) groups is 1. The first-order valence-corrected chi connectivity index (χ1v) is 11.8. The molecule has 2 aromatic heterocycles. The number of hydrogen-bond donors (Lipinski definition) is 1. The summed E-state index contributed by atoms with van der Waals surface area (Å²) in [6.07, 6.45) is 6.23. The van der Waals surface area contributed by atoms with E-state index in [-0.39, 0.29) is 29.6 Å². The number of nitrogens with zero attached hydrogens (tertiary/aromatic N) is 1. The minimum Gasteiger partial charge on any atom is -0.494 e. The van der Waals surface area contributed by atoms with Crippen LogP contribution in [0.15, 0.2) is 23.1 Å². The maximum atomic E-state index is 15.6. The van der Waals surface area contributed by atoms with Crippen LogP contribution in [0.25, 0.3) is 21.3 Å². The number of aromatic nitrogens is 1. The standard InChI is InChI=1S/C24H25FN2O4S/c1-3-31-24(29)15-11-27(13-7-8-13)20-14(21(15)28)10-16(25)19(22(20)30-2)18-9-12-5-4-6-17(26)23(12)32-18/h9-11,13,17H,3-8,26H2,1-2H3. The van der Waals surface area contributed by atoms with Gasteiger partial charge in [-0.25, -0.2) is 9.18 Å². The molecule has 0 amide bonds. The number of esters is 1. The highest BCUT2D eigenvalue weighted by Gasteiger charge is 2.31. The fourth-order valence-corrected chi connectivity index (χ4v) is 5.89. The zero-order chi connectivity index (χ0) is 22.6. The van der Waals surface area contributed by atoms with Crippen molar-refractivity contribution in [3.05, 3.63) is 50.4 Å². The van der Waals surface area contributed by atoms with E-state index in [2.05, 4.69) is 0 Å². The minimum atomic E-state index is -0.697. The first-order valence-electron chi connectivity index (χ1n) is 11.0. The van der Waals surface area contributed by atoms with Gasteiger partial charge in [0.25, 0.3) is 0 Å². The molecule has 1 atom stereocenters. The molecule has 2 aliphatic carbocycles. The van der Waals surface area contributed by atoms with Crippen molar-refractivity contribution in [2.24, 2.45) is 5.73 Å². The predicted octanol–water partition coefficient (Wildman–Crippen LogP) is 4.73. The maximum Gasteiger partial charge on any atom is 0.343 e. The van der Waals surface area contributed by atoms with E-state index in [9.17, 15) is 9.59 Å². The van der Waals surface area contributed by atoms with Crippen molar-refractivity contribution in [3.8, 4) is 16.2 Å². The Bertz CT molecular complexity index is 1290. The van der Waals surface area contributed by atoms with Gasteiger partial charge in [0.15, 0.2) is 5.75 Å². The summed E-state index contributed by atoms with van der Waals surface area (Å²) in [5.74, 6) is -0.939. The Labute approximate surface area is 188 Å². The number of methoxy groups -OCH3 is 1. The summed E-state index contributed by atoms with van der Waals surface area (Å²) in [5.41, 5.74) is 7.67. The zero-order valence-electron chi connectivity index (χ0n) is 18.1. The summed E-state index contributed by atoms with van der Waals surface area (Å²) >= 11 is 1.49. The summed E-state index contributed by atoms with van der Waals surface area (Å²) < 4.78 is 28.2. The Hall–Kier alpha value is -2.71. The number of carbonyl (C=O) groups excluding carboxylic acids is 1. The van der Waals surface area contributed by atoms with E-state index in [1.807, 2.05) is 10.6 Å². The number of thiophene rings is 1. The number of halogens is 1. The lowest BCUT2D eigenvalue weighted by Crippen LogP contribution is -2.21. The van der Waals surface area contributed by atoms with Crippen LogP contribution in [0, 0.1) is 5.82 Å². The molecule has 0 bridgehead atoms. The Balaban J connectivity index is 1.79. The Kier molecular flexibility index (Phi) is 5.29. The third kappa shape index (κ3) is 3.33. The van der Waals surface area contributed by atoms with Crippen LogP contribution in [-0.4, -0.2) is 24.3 Å². The second-order valence-corrected chi connectivity index (χ2v) is 9.48. The van der Waals surface area contributed by atoms with Gasteiger partial charge in [-0.1, -0.05) is 0 Å². The van der Waals surface area contributed by atoms with Gasteiger partial charge in [-0.15, -0.1) is 11.3 Å². The van der Waals surface area contributed by atoms with E-state index >= 15 is 4.39 Å². The molecule has 168 valence electrons. The van der Waals surface area contributed by atoms with Crippen molar-refractivity contribution in [1.29, 1.82) is 0 Å². The second kappa shape index (κ2) is 8.01. The number of hydrogen-bond acceptors (Lipinski definition) is 6. The van der Waals surface area contributed by atoms with E-state index in [1.165, 1.54) is 24.5 Å². The van der Waals surface area contributed by atoms with Crippen molar-refractivity contribution >= 4 is 28.2 Å². The van der Waals surface area contributed by atoms with Crippen molar-refractivity contribution in [2.45, 2.75) is 51.1 Å². The van der Waals surface area contributed by atoms with E-state index in [0.717, 1.165) is 47.4 Å². The lowest BCUT2D eigenvalue weighted by molar-refractivity contribution is 0.0524. The Morgan fingerprint density at radius 1 is 1.31 bits per heavy atom. The molecule has 0 saturated heterocycles. The quantitative estimate of drug-likeness (QED) is 0.562. The summed E-state index contributed by atoms with van der Waals surface area (Å²) in [4.78, 5) is 27.4. The van der Waals surface area contributed by atoms with Gasteiger partial charge in [-0.2, -0.15) is 0 Å². The number of pyridine rings is 1. The van der Waals surface area contributed by atoms with Crippen molar-refractivity contribution < 1.29 is 18.7 Å². The second-order valence-electron chi connectivity index (χ2n) is 8.39. The molecule has 3 aromatic rings. The van der Waals surface area contributed by atoms with Crippen LogP contribution in [0.3, 0.4) is 0 Å². The van der Waals surface area contributed by atoms with Crippen LogP contribution in [0.4, 0.5) is 4.39 Å². The molecule has 0 aliphatic heterocycles. The van der Waals surface area contributed by atoms with Gasteiger partial charge in [0, 0.05) is 28.0 Å². The molecule has 8 heteroatoms. The van der Waals surface area contributed by atoms with Gasteiger partial charge >= 0.3 is 5.97 Å². The molecule has 0 spiro atoms. The highest BCUT2D eigenvalue weighted by atomic mass is 32.1. The van der Waals surface area contributed by atoms with Crippen LogP contribution < -0.4 is 15.9 Å². The largest absolute Gasteiger partial charge is 0.494 e. The van der Waals surface area contributed by atoms with E-state index in [0.29, 0.717) is 16.8 Å². The van der Waals surface area contributed by atoms with E-state index in [1.54, 1.807) is 13.1 Å². The summed E-state index contributed by atoms with van der Waals surface area (Å²) in [6.45, 7) is 1.83. The predicted molar refractivity (Wildman–Crippen MR) is 122 cm³/mol. The fourth-order valence-electron chi connectivity index (χ4n) is 4.60. The molecule has 2 N–H and O–H groups in total.